The Bertz CT molecular complexity index is 726. The van der Waals surface area contributed by atoms with Gasteiger partial charge in [0.15, 0.2) is 12.7 Å². The minimum atomic E-state index is 0.618. The molecule has 0 atom stereocenters. The van der Waals surface area contributed by atoms with Crippen molar-refractivity contribution in [3.63, 3.8) is 0 Å². The lowest BCUT2D eigenvalue weighted by Crippen LogP contribution is -2.38. The Kier molecular flexibility index (Phi) is 11.8. The monoisotopic (exact) mass is 415 g/mol. The minimum Gasteiger partial charge on any atom is -0.383 e. The molecule has 164 valence electrons. The average molecular weight is 416 g/mol. The van der Waals surface area contributed by atoms with E-state index in [1.165, 1.54) is 5.69 Å². The third-order valence-corrected chi connectivity index (χ3v) is 4.72. The molecule has 0 aliphatic carbocycles. The molecule has 0 unspecified atom stereocenters. The zero-order valence-corrected chi connectivity index (χ0v) is 18.5. The van der Waals surface area contributed by atoms with Gasteiger partial charge in [0.05, 0.1) is 26.4 Å². The van der Waals surface area contributed by atoms with Crippen LogP contribution in [-0.2, 0) is 25.5 Å². The van der Waals surface area contributed by atoms with E-state index in [0.29, 0.717) is 33.0 Å². The van der Waals surface area contributed by atoms with Gasteiger partial charge in [-0.15, -0.1) is 0 Å². The number of aromatic nitrogens is 1. The van der Waals surface area contributed by atoms with Crippen molar-refractivity contribution in [3.8, 4) is 0 Å². The van der Waals surface area contributed by atoms with Gasteiger partial charge in [0, 0.05) is 58.3 Å². The van der Waals surface area contributed by atoms with Crippen molar-refractivity contribution in [2.75, 3.05) is 72.4 Å². The van der Waals surface area contributed by atoms with Crippen LogP contribution in [0.4, 0.5) is 5.69 Å². The Morgan fingerprint density at radius 1 is 0.767 bits per heavy atom. The number of benzene rings is 1. The third-order valence-electron chi connectivity index (χ3n) is 4.72. The smallest absolute Gasteiger partial charge is 0.205 e. The van der Waals surface area contributed by atoms with Gasteiger partial charge in [-0.2, -0.15) is 4.57 Å². The van der Waals surface area contributed by atoms with Crippen LogP contribution in [0.15, 0.2) is 48.7 Å². The standard InChI is InChI=1S/C24H35N2O4/c1-27-17-14-26(15-18-28-2)24-11-8-22(9-12-24)7-10-23-6-4-5-13-25(23)16-19-30-21-20-29-3/h4-13H,14-21H2,1-3H3/q+1. The quantitative estimate of drug-likeness (QED) is 0.331. The fourth-order valence-electron chi connectivity index (χ4n) is 3.00. The van der Waals surface area contributed by atoms with E-state index in [0.717, 1.165) is 30.9 Å². The predicted molar refractivity (Wildman–Crippen MR) is 121 cm³/mol. The summed E-state index contributed by atoms with van der Waals surface area (Å²) in [5.41, 5.74) is 3.46. The Morgan fingerprint density at radius 3 is 2.13 bits per heavy atom. The van der Waals surface area contributed by atoms with E-state index in [4.69, 9.17) is 18.9 Å². The molecular formula is C24H35N2O4+. The highest BCUT2D eigenvalue weighted by molar-refractivity contribution is 5.68. The second-order valence-corrected chi connectivity index (χ2v) is 6.82. The third kappa shape index (κ3) is 8.63. The van der Waals surface area contributed by atoms with Gasteiger partial charge in [-0.05, 0) is 29.8 Å². The molecule has 2 rings (SSSR count). The van der Waals surface area contributed by atoms with Crippen LogP contribution < -0.4 is 9.47 Å². The maximum atomic E-state index is 5.59. The minimum absolute atomic E-state index is 0.618. The molecule has 0 spiro atoms. The van der Waals surface area contributed by atoms with Crippen molar-refractivity contribution in [2.45, 2.75) is 6.54 Å². The van der Waals surface area contributed by atoms with Gasteiger partial charge in [0.2, 0.25) is 5.69 Å². The number of hydrogen-bond acceptors (Lipinski definition) is 5. The normalized spacial score (nSPS) is 11.3. The molecule has 0 N–H and O–H groups in total. The van der Waals surface area contributed by atoms with E-state index < -0.39 is 0 Å². The molecule has 0 fully saturated rings. The zero-order chi connectivity index (χ0) is 21.4. The Hall–Kier alpha value is -2.25. The first-order chi connectivity index (χ1) is 14.8. The van der Waals surface area contributed by atoms with Crippen LogP contribution >= 0.6 is 0 Å². The van der Waals surface area contributed by atoms with Crippen LogP contribution in [-0.4, -0.2) is 67.5 Å². The average Bonchev–Trinajstić information content (AvgIpc) is 2.79. The largest absolute Gasteiger partial charge is 0.383 e. The van der Waals surface area contributed by atoms with Crippen LogP contribution in [0.25, 0.3) is 12.2 Å². The SMILES string of the molecule is COCCOCC[n+]1ccccc1/C=C/c1ccc(N(CCOC)CCOC)cc1. The summed E-state index contributed by atoms with van der Waals surface area (Å²) in [6.07, 6.45) is 6.35. The van der Waals surface area contributed by atoms with Crippen LogP contribution in [0.3, 0.4) is 0 Å². The van der Waals surface area contributed by atoms with Crippen LogP contribution in [0, 0.1) is 0 Å². The summed E-state index contributed by atoms with van der Waals surface area (Å²) in [6.45, 7) is 5.76. The summed E-state index contributed by atoms with van der Waals surface area (Å²) in [7, 11) is 5.13. The summed E-state index contributed by atoms with van der Waals surface area (Å²) in [5.74, 6) is 0. The molecule has 2 aromatic rings. The Balaban J connectivity index is 1.99. The molecule has 0 amide bonds. The highest BCUT2D eigenvalue weighted by atomic mass is 16.5. The topological polar surface area (TPSA) is 44.0 Å². The van der Waals surface area contributed by atoms with Gasteiger partial charge in [-0.1, -0.05) is 12.1 Å². The first-order valence-corrected chi connectivity index (χ1v) is 10.3. The number of nitrogens with zero attached hydrogens (tertiary/aromatic N) is 2. The molecule has 0 aliphatic rings. The lowest BCUT2D eigenvalue weighted by Gasteiger charge is -2.24. The van der Waals surface area contributed by atoms with E-state index in [1.54, 1.807) is 21.3 Å². The van der Waals surface area contributed by atoms with Crippen molar-refractivity contribution in [3.05, 3.63) is 59.9 Å². The van der Waals surface area contributed by atoms with E-state index >= 15 is 0 Å². The fraction of sp³-hybridized carbons (Fsp3) is 0.458. The highest BCUT2D eigenvalue weighted by Crippen LogP contribution is 2.16. The van der Waals surface area contributed by atoms with Crippen molar-refractivity contribution in [1.82, 2.24) is 0 Å². The van der Waals surface area contributed by atoms with Crippen molar-refractivity contribution < 1.29 is 23.5 Å². The molecule has 0 saturated carbocycles. The second kappa shape index (κ2) is 14.7. The number of hydrogen-bond donors (Lipinski definition) is 0. The molecule has 6 heteroatoms. The summed E-state index contributed by atoms with van der Waals surface area (Å²) >= 11 is 0. The van der Waals surface area contributed by atoms with Crippen molar-refractivity contribution >= 4 is 17.8 Å². The van der Waals surface area contributed by atoms with E-state index in [-0.39, 0.29) is 0 Å². The van der Waals surface area contributed by atoms with E-state index in [1.807, 2.05) is 6.07 Å². The number of pyridine rings is 1. The van der Waals surface area contributed by atoms with E-state index in [2.05, 4.69) is 64.2 Å². The number of anilines is 1. The fourth-order valence-corrected chi connectivity index (χ4v) is 3.00. The number of rotatable bonds is 15. The van der Waals surface area contributed by atoms with Gasteiger partial charge >= 0.3 is 0 Å². The lowest BCUT2D eigenvalue weighted by molar-refractivity contribution is -0.700. The van der Waals surface area contributed by atoms with Crippen molar-refractivity contribution in [2.24, 2.45) is 0 Å². The van der Waals surface area contributed by atoms with Gasteiger partial charge < -0.3 is 23.8 Å². The molecule has 0 radical (unpaired) electrons. The molecular weight excluding hydrogens is 380 g/mol. The van der Waals surface area contributed by atoms with Gasteiger partial charge in [-0.25, -0.2) is 0 Å². The Labute approximate surface area is 180 Å². The summed E-state index contributed by atoms with van der Waals surface area (Å²) < 4.78 is 23.3. The molecule has 6 nitrogen and oxygen atoms in total. The highest BCUT2D eigenvalue weighted by Gasteiger charge is 2.08. The maximum absolute atomic E-state index is 5.59. The van der Waals surface area contributed by atoms with Gasteiger partial charge in [-0.3, -0.25) is 0 Å². The summed E-state index contributed by atoms with van der Waals surface area (Å²) in [5, 5.41) is 0. The van der Waals surface area contributed by atoms with Crippen molar-refractivity contribution in [1.29, 1.82) is 0 Å². The molecule has 30 heavy (non-hydrogen) atoms. The zero-order valence-electron chi connectivity index (χ0n) is 18.5. The number of ether oxygens (including phenoxy) is 4. The molecule has 1 aromatic heterocycles. The molecule has 1 heterocycles. The predicted octanol–water partition coefficient (Wildman–Crippen LogP) is 2.91. The molecule has 1 aromatic carbocycles. The molecule has 0 bridgehead atoms. The first kappa shape index (κ1) is 24.0. The van der Waals surface area contributed by atoms with Crippen LogP contribution in [0.1, 0.15) is 11.3 Å². The van der Waals surface area contributed by atoms with E-state index in [9.17, 15) is 0 Å². The summed E-state index contributed by atoms with van der Waals surface area (Å²) in [6, 6.07) is 14.8. The first-order valence-electron chi connectivity index (χ1n) is 10.3. The lowest BCUT2D eigenvalue weighted by atomic mass is 10.1. The second-order valence-electron chi connectivity index (χ2n) is 6.82. The Morgan fingerprint density at radius 2 is 1.47 bits per heavy atom. The maximum Gasteiger partial charge on any atom is 0.205 e. The molecule has 0 saturated heterocycles. The summed E-state index contributed by atoms with van der Waals surface area (Å²) in [4.78, 5) is 2.27. The van der Waals surface area contributed by atoms with Crippen LogP contribution in [0.5, 0.6) is 0 Å². The van der Waals surface area contributed by atoms with Gasteiger partial charge in [0.25, 0.3) is 0 Å². The molecule has 0 aliphatic heterocycles. The number of methoxy groups -OCH3 is 3. The van der Waals surface area contributed by atoms with Crippen LogP contribution in [0.2, 0.25) is 0 Å². The van der Waals surface area contributed by atoms with Gasteiger partial charge in [0.1, 0.15) is 6.61 Å².